The first-order valence-corrected chi connectivity index (χ1v) is 11.5. The predicted octanol–water partition coefficient (Wildman–Crippen LogP) is 6.11. The number of furan rings is 1. The molecule has 2 aromatic carbocycles. The molecular weight excluding hydrogens is 455 g/mol. The summed E-state index contributed by atoms with van der Waals surface area (Å²) in [6, 6.07) is 13.8. The van der Waals surface area contributed by atoms with Crippen molar-refractivity contribution in [3.05, 3.63) is 94.9 Å². The third-order valence-corrected chi connectivity index (χ3v) is 6.85. The minimum Gasteiger partial charge on any atom is -0.503 e. The molecule has 5 rings (SSSR count). The van der Waals surface area contributed by atoms with Crippen LogP contribution in [0, 0.1) is 5.82 Å². The van der Waals surface area contributed by atoms with Crippen LogP contribution in [-0.4, -0.2) is 21.8 Å². The van der Waals surface area contributed by atoms with E-state index in [1.54, 1.807) is 6.07 Å². The van der Waals surface area contributed by atoms with Crippen LogP contribution in [0.15, 0.2) is 76.6 Å². The lowest BCUT2D eigenvalue weighted by Crippen LogP contribution is -2.31. The molecule has 34 heavy (non-hydrogen) atoms. The maximum absolute atomic E-state index is 13.8. The van der Waals surface area contributed by atoms with Gasteiger partial charge in [0.1, 0.15) is 5.82 Å². The van der Waals surface area contributed by atoms with Gasteiger partial charge in [-0.05, 0) is 46.9 Å². The van der Waals surface area contributed by atoms with Crippen LogP contribution in [0.2, 0.25) is 0 Å². The molecule has 0 fully saturated rings. The van der Waals surface area contributed by atoms with Crippen LogP contribution in [-0.2, 0) is 10.2 Å². The van der Waals surface area contributed by atoms with Crippen molar-refractivity contribution >= 4 is 38.4 Å². The highest BCUT2D eigenvalue weighted by atomic mass is 32.1. The van der Waals surface area contributed by atoms with Gasteiger partial charge in [0.2, 0.25) is 5.78 Å². The Hall–Kier alpha value is -3.78. The number of hydrogen-bond acceptors (Lipinski definition) is 6. The van der Waals surface area contributed by atoms with Crippen LogP contribution in [0.4, 0.5) is 9.52 Å². The molecule has 1 amide bonds. The molecule has 0 saturated carbocycles. The highest BCUT2D eigenvalue weighted by Gasteiger charge is 2.46. The van der Waals surface area contributed by atoms with Gasteiger partial charge in [0.15, 0.2) is 16.7 Å². The number of amides is 1. The maximum atomic E-state index is 13.8. The van der Waals surface area contributed by atoms with E-state index < -0.39 is 29.3 Å². The van der Waals surface area contributed by atoms with Crippen LogP contribution < -0.4 is 4.90 Å². The molecule has 0 aliphatic carbocycles. The number of fused-ring (bicyclic) bond motifs is 1. The van der Waals surface area contributed by atoms with Gasteiger partial charge in [0.05, 0.1) is 28.1 Å². The number of Topliss-reactive ketones (excluding diaryl/α,β-unsaturated/α-hetero) is 1. The fourth-order valence-electron chi connectivity index (χ4n) is 4.05. The number of benzene rings is 2. The average molecular weight is 477 g/mol. The molecule has 0 radical (unpaired) electrons. The number of ketones is 1. The number of carbonyl (C=O) groups excluding carboxylic acids is 2. The van der Waals surface area contributed by atoms with Crippen molar-refractivity contribution in [2.75, 3.05) is 4.90 Å². The molecule has 3 heterocycles. The minimum atomic E-state index is -0.926. The van der Waals surface area contributed by atoms with Gasteiger partial charge in [-0.25, -0.2) is 9.37 Å². The summed E-state index contributed by atoms with van der Waals surface area (Å²) >= 11 is 1.11. The SMILES string of the molecule is CC(C)(C)c1ccc(C2C(C(=O)c3ccco3)=C(O)C(=O)N2c2nc3ccc(F)cc3s2)cc1. The zero-order valence-corrected chi connectivity index (χ0v) is 19.5. The van der Waals surface area contributed by atoms with Crippen molar-refractivity contribution in [3.63, 3.8) is 0 Å². The Bertz CT molecular complexity index is 1450. The van der Waals surface area contributed by atoms with E-state index in [9.17, 15) is 19.1 Å². The van der Waals surface area contributed by atoms with E-state index in [4.69, 9.17) is 4.42 Å². The monoisotopic (exact) mass is 476 g/mol. The number of nitrogens with zero attached hydrogens (tertiary/aromatic N) is 2. The molecule has 1 aliphatic rings. The maximum Gasteiger partial charge on any atom is 0.296 e. The second-order valence-corrected chi connectivity index (χ2v) is 10.1. The van der Waals surface area contributed by atoms with Crippen molar-refractivity contribution in [2.45, 2.75) is 32.2 Å². The van der Waals surface area contributed by atoms with Gasteiger partial charge in [-0.15, -0.1) is 0 Å². The summed E-state index contributed by atoms with van der Waals surface area (Å²) in [6.45, 7) is 6.27. The van der Waals surface area contributed by atoms with Crippen molar-refractivity contribution in [2.24, 2.45) is 0 Å². The molecule has 4 aromatic rings. The number of aliphatic hydroxyl groups is 1. The number of thiazole rings is 1. The summed E-state index contributed by atoms with van der Waals surface area (Å²) in [6.07, 6.45) is 1.36. The Labute approximate surface area is 199 Å². The highest BCUT2D eigenvalue weighted by molar-refractivity contribution is 7.22. The smallest absolute Gasteiger partial charge is 0.296 e. The van der Waals surface area contributed by atoms with E-state index in [2.05, 4.69) is 25.8 Å². The van der Waals surface area contributed by atoms with Gasteiger partial charge in [-0.2, -0.15) is 0 Å². The summed E-state index contributed by atoms with van der Waals surface area (Å²) in [5.74, 6) is -2.40. The lowest BCUT2D eigenvalue weighted by atomic mass is 9.85. The summed E-state index contributed by atoms with van der Waals surface area (Å²) in [4.78, 5) is 32.4. The molecule has 172 valence electrons. The number of rotatable bonds is 4. The molecule has 0 saturated heterocycles. The molecule has 1 N–H and O–H groups in total. The Morgan fingerprint density at radius 2 is 1.88 bits per heavy atom. The summed E-state index contributed by atoms with van der Waals surface area (Å²) in [7, 11) is 0. The number of carbonyl (C=O) groups is 2. The van der Waals surface area contributed by atoms with Gasteiger partial charge < -0.3 is 9.52 Å². The van der Waals surface area contributed by atoms with E-state index in [-0.39, 0.29) is 21.9 Å². The standard InChI is InChI=1S/C26H21FN2O4S/c1-26(2,3)15-8-6-14(7-9-15)21-20(22(30)18-5-4-12-33-18)23(31)24(32)29(21)25-28-17-11-10-16(27)13-19(17)34-25/h4-13,21,31H,1-3H3. The average Bonchev–Trinajstić information content (AvgIpc) is 3.52. The Morgan fingerprint density at radius 3 is 2.53 bits per heavy atom. The molecule has 1 atom stereocenters. The van der Waals surface area contributed by atoms with Crippen molar-refractivity contribution < 1.29 is 23.5 Å². The molecule has 0 spiro atoms. The quantitative estimate of drug-likeness (QED) is 0.359. The van der Waals surface area contributed by atoms with Gasteiger partial charge in [0.25, 0.3) is 5.91 Å². The lowest BCUT2D eigenvalue weighted by molar-refractivity contribution is -0.117. The van der Waals surface area contributed by atoms with Gasteiger partial charge in [0, 0.05) is 0 Å². The third-order valence-electron chi connectivity index (χ3n) is 5.84. The van der Waals surface area contributed by atoms with Crippen LogP contribution in [0.1, 0.15) is 48.5 Å². The van der Waals surface area contributed by atoms with Gasteiger partial charge in [-0.3, -0.25) is 14.5 Å². The number of anilines is 1. The van der Waals surface area contributed by atoms with E-state index in [1.807, 2.05) is 24.3 Å². The molecule has 1 unspecified atom stereocenters. The van der Waals surface area contributed by atoms with Gasteiger partial charge >= 0.3 is 0 Å². The second-order valence-electron chi connectivity index (χ2n) is 9.13. The highest BCUT2D eigenvalue weighted by Crippen LogP contribution is 2.44. The fraction of sp³-hybridized carbons (Fsp3) is 0.192. The zero-order chi connectivity index (χ0) is 24.2. The Balaban J connectivity index is 1.67. The molecule has 8 heteroatoms. The molecule has 2 aromatic heterocycles. The Morgan fingerprint density at radius 1 is 1.15 bits per heavy atom. The zero-order valence-electron chi connectivity index (χ0n) is 18.7. The van der Waals surface area contributed by atoms with Crippen molar-refractivity contribution in [1.82, 2.24) is 4.98 Å². The van der Waals surface area contributed by atoms with Crippen LogP contribution in [0.5, 0.6) is 0 Å². The van der Waals surface area contributed by atoms with Crippen LogP contribution in [0.3, 0.4) is 0 Å². The van der Waals surface area contributed by atoms with Crippen molar-refractivity contribution in [1.29, 1.82) is 0 Å². The first kappa shape index (κ1) is 22.0. The normalized spacial score (nSPS) is 16.6. The molecule has 0 bridgehead atoms. The van der Waals surface area contributed by atoms with E-state index >= 15 is 0 Å². The van der Waals surface area contributed by atoms with Crippen LogP contribution in [0.25, 0.3) is 10.2 Å². The van der Waals surface area contributed by atoms with E-state index in [0.717, 1.165) is 16.9 Å². The summed E-state index contributed by atoms with van der Waals surface area (Å²) < 4.78 is 19.6. The summed E-state index contributed by atoms with van der Waals surface area (Å²) in [5, 5.41) is 11.1. The van der Waals surface area contributed by atoms with Crippen LogP contribution >= 0.6 is 11.3 Å². The number of aliphatic hydroxyl groups excluding tert-OH is 1. The third kappa shape index (κ3) is 3.60. The fourth-order valence-corrected chi connectivity index (χ4v) is 5.06. The predicted molar refractivity (Wildman–Crippen MR) is 128 cm³/mol. The number of aromatic nitrogens is 1. The first-order valence-electron chi connectivity index (χ1n) is 10.7. The lowest BCUT2D eigenvalue weighted by Gasteiger charge is -2.25. The molecule has 1 aliphatic heterocycles. The minimum absolute atomic E-state index is 0.0129. The Kier molecular flexibility index (Phi) is 5.13. The topological polar surface area (TPSA) is 83.6 Å². The van der Waals surface area contributed by atoms with Crippen molar-refractivity contribution in [3.8, 4) is 0 Å². The number of hydrogen-bond donors (Lipinski definition) is 1. The first-order chi connectivity index (χ1) is 16.1. The van der Waals surface area contributed by atoms with Gasteiger partial charge in [-0.1, -0.05) is 56.4 Å². The van der Waals surface area contributed by atoms with E-state index in [0.29, 0.717) is 15.8 Å². The number of halogens is 1. The second kappa shape index (κ2) is 7.92. The largest absolute Gasteiger partial charge is 0.503 e. The summed E-state index contributed by atoms with van der Waals surface area (Å²) in [5.41, 5.74) is 2.04. The molecule has 6 nitrogen and oxygen atoms in total. The van der Waals surface area contributed by atoms with E-state index in [1.165, 1.54) is 35.4 Å². The molecular formula is C26H21FN2O4S.